The summed E-state index contributed by atoms with van der Waals surface area (Å²) in [6.45, 7) is 0.680. The smallest absolute Gasteiger partial charge is 0.438 e. The second-order valence-corrected chi connectivity index (χ2v) is 17.4. The van der Waals surface area contributed by atoms with Crippen molar-refractivity contribution in [2.45, 2.75) is 24.9 Å². The summed E-state index contributed by atoms with van der Waals surface area (Å²) in [7, 11) is 2.68. The zero-order valence-electron chi connectivity index (χ0n) is 38.9. The summed E-state index contributed by atoms with van der Waals surface area (Å²) in [5.41, 5.74) is 6.21. The predicted octanol–water partition coefficient (Wildman–Crippen LogP) is 13.3. The van der Waals surface area contributed by atoms with Crippen molar-refractivity contribution in [3.8, 4) is 22.7 Å². The molecule has 2 unspecified atom stereocenters. The number of para-hydroxylation sites is 2. The first kappa shape index (κ1) is 51.7. The van der Waals surface area contributed by atoms with Gasteiger partial charge in [-0.2, -0.15) is 10.2 Å². The van der Waals surface area contributed by atoms with Gasteiger partial charge in [-0.3, -0.25) is 9.63 Å². The molecule has 10 rings (SSSR count). The molecule has 14 nitrogen and oxygen atoms in total. The van der Waals surface area contributed by atoms with Crippen LogP contribution in [-0.4, -0.2) is 55.7 Å². The quantitative estimate of drug-likeness (QED) is 0.0671. The molecule has 2 amide bonds. The van der Waals surface area contributed by atoms with Crippen LogP contribution in [-0.2, 0) is 33.1 Å². The summed E-state index contributed by atoms with van der Waals surface area (Å²) in [6.07, 6.45) is 5.62. The van der Waals surface area contributed by atoms with E-state index in [4.69, 9.17) is 65.5 Å². The number of ether oxygens (including phenoxy) is 3. The molecule has 1 aliphatic rings. The number of epoxide rings is 1. The second-order valence-electron chi connectivity index (χ2n) is 15.8. The molecular weight excluding hydrogens is 1020 g/mol. The number of nitrogens with one attached hydrogen (secondary N) is 1. The number of rotatable bonds is 13. The minimum Gasteiger partial charge on any atom is -0.472 e. The average molecular weight is 1060 g/mol. The van der Waals surface area contributed by atoms with Gasteiger partial charge in [0.15, 0.2) is 0 Å². The number of pyridine rings is 1. The number of nitrogens with zero attached hydrogens (tertiary/aromatic N) is 7. The van der Waals surface area contributed by atoms with E-state index in [9.17, 15) is 14.0 Å². The van der Waals surface area contributed by atoms with Gasteiger partial charge >= 0.3 is 6.09 Å². The summed E-state index contributed by atoms with van der Waals surface area (Å²) in [5.74, 6) is -0.133. The van der Waals surface area contributed by atoms with Crippen LogP contribution in [0.25, 0.3) is 16.8 Å². The molecule has 1 N–H and O–H groups in total. The van der Waals surface area contributed by atoms with Crippen LogP contribution in [0.5, 0.6) is 5.88 Å². The Morgan fingerprint density at radius 1 is 0.795 bits per heavy atom. The van der Waals surface area contributed by atoms with Crippen molar-refractivity contribution in [3.05, 3.63) is 237 Å². The maximum Gasteiger partial charge on any atom is 0.438 e. The number of carbonyl (C=O) groups is 2. The zero-order valence-corrected chi connectivity index (χ0v) is 41.9. The molecule has 3 aromatic heterocycles. The summed E-state index contributed by atoms with van der Waals surface area (Å²) >= 11 is 24.1. The SMILES string of the molecule is COC(=O)N(OC)c1ccccc1COc1ccn(-c2ccc(Cl)cc2)n1.Fc1ccc(C2(Cn3cncn3)OC2c2ccccc2Cl)cc1.O=C(Nc1ccccc1-c1ccc(Cl)cc1)c1cccnc1Cl. The third kappa shape index (κ3) is 12.9. The van der Waals surface area contributed by atoms with Gasteiger partial charge in [0.2, 0.25) is 5.88 Å². The van der Waals surface area contributed by atoms with Gasteiger partial charge in [-0.1, -0.05) is 125 Å². The van der Waals surface area contributed by atoms with Gasteiger partial charge in [-0.15, -0.1) is 5.10 Å². The van der Waals surface area contributed by atoms with Gasteiger partial charge < -0.3 is 19.5 Å². The van der Waals surface area contributed by atoms with Gasteiger partial charge in [-0.25, -0.2) is 28.5 Å². The molecule has 1 fully saturated rings. The molecule has 0 saturated carbocycles. The number of hydrogen-bond donors (Lipinski definition) is 1. The van der Waals surface area contributed by atoms with Crippen LogP contribution in [0.4, 0.5) is 20.6 Å². The van der Waals surface area contributed by atoms with Crippen LogP contribution < -0.4 is 15.1 Å². The predicted molar refractivity (Wildman–Crippen MR) is 279 cm³/mol. The number of benzene rings is 6. The molecule has 19 heteroatoms. The summed E-state index contributed by atoms with van der Waals surface area (Å²) in [6, 6.07) is 48.5. The highest BCUT2D eigenvalue weighted by molar-refractivity contribution is 6.33. The number of methoxy groups -OCH3 is 1. The van der Waals surface area contributed by atoms with Crippen molar-refractivity contribution in [1.29, 1.82) is 0 Å². The topological polar surface area (TPSA) is 151 Å². The zero-order chi connectivity index (χ0) is 51.3. The third-order valence-electron chi connectivity index (χ3n) is 11.2. The highest BCUT2D eigenvalue weighted by Gasteiger charge is 2.59. The van der Waals surface area contributed by atoms with E-state index in [1.807, 2.05) is 97.1 Å². The van der Waals surface area contributed by atoms with Crippen molar-refractivity contribution in [2.24, 2.45) is 0 Å². The van der Waals surface area contributed by atoms with Gasteiger partial charge in [0.1, 0.15) is 41.9 Å². The van der Waals surface area contributed by atoms with Crippen molar-refractivity contribution in [1.82, 2.24) is 29.5 Å². The first-order valence-corrected chi connectivity index (χ1v) is 23.7. The first-order valence-electron chi connectivity index (χ1n) is 22.2. The number of aromatic nitrogens is 6. The lowest BCUT2D eigenvalue weighted by atomic mass is 9.91. The molecule has 9 aromatic rings. The van der Waals surface area contributed by atoms with Crippen LogP contribution in [0.1, 0.15) is 33.2 Å². The number of carbonyl (C=O) groups excluding carboxylic acids is 2. The molecule has 4 heterocycles. The Hall–Kier alpha value is -7.63. The van der Waals surface area contributed by atoms with E-state index in [2.05, 4.69) is 25.5 Å². The number of hydrogen-bond acceptors (Lipinski definition) is 10. The highest BCUT2D eigenvalue weighted by Crippen LogP contribution is 2.59. The summed E-state index contributed by atoms with van der Waals surface area (Å²) < 4.78 is 33.2. The van der Waals surface area contributed by atoms with Crippen molar-refractivity contribution >= 4 is 69.8 Å². The van der Waals surface area contributed by atoms with Gasteiger partial charge in [0.25, 0.3) is 5.91 Å². The normalized spacial score (nSPS) is 14.4. The highest BCUT2D eigenvalue weighted by atomic mass is 35.5. The number of amides is 2. The molecular formula is C54H43Cl4FN8O6. The molecule has 0 radical (unpaired) electrons. The molecule has 370 valence electrons. The second kappa shape index (κ2) is 24.2. The van der Waals surface area contributed by atoms with E-state index in [-0.39, 0.29) is 29.6 Å². The van der Waals surface area contributed by atoms with Crippen LogP contribution >= 0.6 is 46.4 Å². The molecule has 1 aliphatic heterocycles. The third-order valence-corrected chi connectivity index (χ3v) is 12.3. The Morgan fingerprint density at radius 3 is 2.19 bits per heavy atom. The standard InChI is InChI=1S/C19H18ClN3O4.C18H12Cl2N2O.C17H13ClFN3O/c1-25-19(24)23(26-2)17-6-4-3-5-14(17)13-27-18-11-12-22(21-18)16-9-7-15(20)8-10-16;19-13-9-7-12(8-10-13)14-4-1-2-6-16(14)22-18(23)15-5-3-11-21-17(15)20;18-15-4-2-1-3-14(15)16-17(23-16,9-22-11-20-10-21-22)12-5-7-13(19)8-6-12/h3-12H,13H2,1-2H3;1-11H,(H,22,23);1-8,10-11,16H,9H2. The Kier molecular flexibility index (Phi) is 17.1. The molecule has 0 spiro atoms. The molecule has 1 saturated heterocycles. The summed E-state index contributed by atoms with van der Waals surface area (Å²) in [4.78, 5) is 37.3. The van der Waals surface area contributed by atoms with Gasteiger partial charge in [0, 0.05) is 55.9 Å². The Bertz CT molecular complexity index is 3280. The monoisotopic (exact) mass is 1060 g/mol. The minimum absolute atomic E-state index is 0.175. The van der Waals surface area contributed by atoms with Crippen molar-refractivity contribution < 1.29 is 33.0 Å². The first-order chi connectivity index (χ1) is 35.5. The van der Waals surface area contributed by atoms with Crippen molar-refractivity contribution in [3.63, 3.8) is 0 Å². The van der Waals surface area contributed by atoms with Crippen LogP contribution in [0, 0.1) is 5.82 Å². The lowest BCUT2D eigenvalue weighted by Crippen LogP contribution is -2.30. The maximum atomic E-state index is 13.3. The van der Waals surface area contributed by atoms with E-state index in [1.54, 1.807) is 82.7 Å². The van der Waals surface area contributed by atoms with E-state index in [1.165, 1.54) is 32.7 Å². The number of halogens is 5. The van der Waals surface area contributed by atoms with E-state index in [0.717, 1.165) is 38.6 Å². The van der Waals surface area contributed by atoms with Crippen LogP contribution in [0.2, 0.25) is 20.2 Å². The van der Waals surface area contributed by atoms with Gasteiger partial charge in [-0.05, 0) is 90.0 Å². The average Bonchev–Trinajstić information content (AvgIpc) is 3.66. The fraction of sp³-hybridized carbons (Fsp3) is 0.111. The fourth-order valence-electron chi connectivity index (χ4n) is 7.57. The number of hydroxylamine groups is 1. The lowest BCUT2D eigenvalue weighted by molar-refractivity contribution is 0.102. The van der Waals surface area contributed by atoms with Crippen LogP contribution in [0.15, 0.2) is 189 Å². The largest absolute Gasteiger partial charge is 0.472 e. The number of anilines is 2. The Balaban J connectivity index is 0.000000147. The van der Waals surface area contributed by atoms with Crippen LogP contribution in [0.3, 0.4) is 0 Å². The Labute approximate surface area is 439 Å². The Morgan fingerprint density at radius 2 is 1.49 bits per heavy atom. The molecule has 6 aromatic carbocycles. The van der Waals surface area contributed by atoms with E-state index >= 15 is 0 Å². The fourth-order valence-corrected chi connectivity index (χ4v) is 8.27. The molecule has 73 heavy (non-hydrogen) atoms. The van der Waals surface area contributed by atoms with Crippen molar-refractivity contribution in [2.75, 3.05) is 24.6 Å². The minimum atomic E-state index is -0.628. The van der Waals surface area contributed by atoms with E-state index < -0.39 is 11.7 Å². The summed E-state index contributed by atoms with van der Waals surface area (Å²) in [5, 5.41) is 14.6. The molecule has 0 aliphatic carbocycles. The maximum absolute atomic E-state index is 13.3. The lowest BCUT2D eigenvalue weighted by Gasteiger charge is -2.20. The molecule has 2 atom stereocenters. The van der Waals surface area contributed by atoms with Gasteiger partial charge in [0.05, 0.1) is 37.7 Å². The molecule has 0 bridgehead atoms. The van der Waals surface area contributed by atoms with E-state index in [0.29, 0.717) is 44.4 Å².